The third-order valence-electron chi connectivity index (χ3n) is 10.2. The number of rotatable bonds is 43. The molecule has 0 radical (unpaired) electrons. The van der Waals surface area contributed by atoms with Gasteiger partial charge in [-0.2, -0.15) is 0 Å². The van der Waals surface area contributed by atoms with Gasteiger partial charge in [0.1, 0.15) is 13.2 Å². The Bertz CT molecular complexity index is 991. The van der Waals surface area contributed by atoms with E-state index < -0.39 is 24.3 Å². The zero-order valence-corrected chi connectivity index (χ0v) is 37.7. The average Bonchev–Trinajstić information content (AvgIpc) is 3.17. The second kappa shape index (κ2) is 40.5. The van der Waals surface area contributed by atoms with Crippen LogP contribution in [0, 0.1) is 0 Å². The van der Waals surface area contributed by atoms with Crippen molar-refractivity contribution in [2.75, 3.05) is 47.5 Å². The lowest BCUT2D eigenvalue weighted by Gasteiger charge is -2.26. The molecule has 0 amide bonds. The zero-order chi connectivity index (χ0) is 42.1. The number of hydrogen-bond acceptors (Lipinski definition) is 8. The number of carbonyl (C=O) groups is 3. The molecule has 0 saturated heterocycles. The van der Waals surface area contributed by atoms with E-state index >= 15 is 0 Å². The van der Waals surface area contributed by atoms with Crippen LogP contribution in [0.5, 0.6) is 0 Å². The molecule has 0 aromatic rings. The van der Waals surface area contributed by atoms with Crippen LogP contribution >= 0.6 is 0 Å². The van der Waals surface area contributed by atoms with Crippen LogP contribution in [-0.4, -0.2) is 82.3 Å². The van der Waals surface area contributed by atoms with Crippen molar-refractivity contribution in [3.63, 3.8) is 0 Å². The van der Waals surface area contributed by atoms with Crippen LogP contribution in [-0.2, 0) is 33.3 Å². The molecule has 9 heteroatoms. The lowest BCUT2D eigenvalue weighted by Crippen LogP contribution is -2.44. The molecular formula is C48H89NO8. The highest BCUT2D eigenvalue weighted by Gasteiger charge is 2.21. The molecule has 0 aliphatic heterocycles. The fourth-order valence-electron chi connectivity index (χ4n) is 6.47. The highest BCUT2D eigenvalue weighted by atomic mass is 16.7. The SMILES string of the molecule is CCCCCCC/C=C\CCCCCCCC(=O)OCC(COC(OCC[N+](C)(C)C)C(=O)[O-])OC(=O)CCCCCCCCC/C=C\CCCCCCCCC. The standard InChI is InChI=1S/C48H89NO8/c1-6-8-10-12-14-16-18-20-22-23-24-25-27-29-31-33-35-37-39-46(51)57-44(43-56-48(47(52)53)54-41-40-49(3,4)5)42-55-45(50)38-36-34-32-30-28-26-21-19-17-15-13-11-9-7-2/h19,21-23,44,48H,6-18,20,24-43H2,1-5H3/b21-19-,23-22-. The maximum absolute atomic E-state index is 12.8. The number of esters is 2. The first-order chi connectivity index (χ1) is 27.6. The Labute approximate surface area is 350 Å². The Morgan fingerprint density at radius 3 is 1.30 bits per heavy atom. The topological polar surface area (TPSA) is 111 Å². The van der Waals surface area contributed by atoms with Crippen LogP contribution in [0.4, 0.5) is 0 Å². The van der Waals surface area contributed by atoms with Crippen molar-refractivity contribution in [3.8, 4) is 0 Å². The number of hydrogen-bond donors (Lipinski definition) is 0. The first-order valence-corrected chi connectivity index (χ1v) is 23.5. The van der Waals surface area contributed by atoms with E-state index in [1.807, 2.05) is 21.1 Å². The van der Waals surface area contributed by atoms with Gasteiger partial charge in [-0.05, 0) is 64.2 Å². The molecular weight excluding hydrogens is 719 g/mol. The minimum absolute atomic E-state index is 0.147. The Morgan fingerprint density at radius 2 is 0.895 bits per heavy atom. The summed E-state index contributed by atoms with van der Waals surface area (Å²) in [6.45, 7) is 4.72. The minimum atomic E-state index is -1.62. The van der Waals surface area contributed by atoms with Gasteiger partial charge < -0.3 is 33.3 Å². The summed E-state index contributed by atoms with van der Waals surface area (Å²) in [6.07, 6.45) is 40.6. The van der Waals surface area contributed by atoms with Gasteiger partial charge >= 0.3 is 11.9 Å². The number of unbranched alkanes of at least 4 members (excludes halogenated alkanes) is 24. The van der Waals surface area contributed by atoms with Gasteiger partial charge in [-0.15, -0.1) is 0 Å². The molecule has 57 heavy (non-hydrogen) atoms. The average molecular weight is 808 g/mol. The third-order valence-corrected chi connectivity index (χ3v) is 10.2. The molecule has 0 spiro atoms. The van der Waals surface area contributed by atoms with Gasteiger partial charge in [0.05, 0.1) is 40.3 Å². The molecule has 0 rings (SSSR count). The summed E-state index contributed by atoms with van der Waals surface area (Å²) in [4.78, 5) is 37.0. The Morgan fingerprint density at radius 1 is 0.509 bits per heavy atom. The van der Waals surface area contributed by atoms with Crippen LogP contribution in [0.1, 0.15) is 206 Å². The van der Waals surface area contributed by atoms with Crippen LogP contribution < -0.4 is 5.11 Å². The fraction of sp³-hybridized carbons (Fsp3) is 0.854. The van der Waals surface area contributed by atoms with Gasteiger partial charge in [0.2, 0.25) is 0 Å². The second-order valence-electron chi connectivity index (χ2n) is 17.0. The lowest BCUT2D eigenvalue weighted by atomic mass is 10.1. The molecule has 2 unspecified atom stereocenters. The summed E-state index contributed by atoms with van der Waals surface area (Å²) < 4.78 is 22.6. The number of nitrogens with zero attached hydrogens (tertiary/aromatic N) is 1. The summed E-state index contributed by atoms with van der Waals surface area (Å²) >= 11 is 0. The van der Waals surface area contributed by atoms with E-state index in [0.29, 0.717) is 17.4 Å². The van der Waals surface area contributed by atoms with Crippen LogP contribution in [0.2, 0.25) is 0 Å². The van der Waals surface area contributed by atoms with E-state index in [2.05, 4.69) is 38.2 Å². The quantitative estimate of drug-likeness (QED) is 0.0197. The molecule has 334 valence electrons. The number of carboxylic acids is 1. The molecule has 9 nitrogen and oxygen atoms in total. The summed E-state index contributed by atoms with van der Waals surface area (Å²) in [5.74, 6) is -2.30. The van der Waals surface area contributed by atoms with Crippen LogP contribution in [0.3, 0.4) is 0 Å². The van der Waals surface area contributed by atoms with Gasteiger partial charge in [-0.3, -0.25) is 9.59 Å². The maximum atomic E-state index is 12.8. The van der Waals surface area contributed by atoms with E-state index in [-0.39, 0.29) is 38.6 Å². The first-order valence-electron chi connectivity index (χ1n) is 23.5. The van der Waals surface area contributed by atoms with E-state index in [1.54, 1.807) is 0 Å². The fourth-order valence-corrected chi connectivity index (χ4v) is 6.47. The predicted octanol–water partition coefficient (Wildman–Crippen LogP) is 11.1. The van der Waals surface area contributed by atoms with Crippen LogP contribution in [0.25, 0.3) is 0 Å². The minimum Gasteiger partial charge on any atom is -0.545 e. The maximum Gasteiger partial charge on any atom is 0.306 e. The van der Waals surface area contributed by atoms with Crippen molar-refractivity contribution in [1.29, 1.82) is 0 Å². The largest absolute Gasteiger partial charge is 0.545 e. The van der Waals surface area contributed by atoms with Crippen molar-refractivity contribution in [2.24, 2.45) is 0 Å². The van der Waals surface area contributed by atoms with E-state index in [1.165, 1.54) is 109 Å². The van der Waals surface area contributed by atoms with Gasteiger partial charge in [0.25, 0.3) is 0 Å². The van der Waals surface area contributed by atoms with Gasteiger partial charge in [0.15, 0.2) is 12.4 Å². The molecule has 0 fully saturated rings. The number of allylic oxidation sites excluding steroid dienone is 4. The Hall–Kier alpha value is -2.23. The molecule has 0 heterocycles. The second-order valence-corrected chi connectivity index (χ2v) is 17.0. The molecule has 2 atom stereocenters. The summed E-state index contributed by atoms with van der Waals surface area (Å²) in [5, 5.41) is 11.7. The Balaban J connectivity index is 4.41. The number of carbonyl (C=O) groups excluding carboxylic acids is 3. The predicted molar refractivity (Wildman–Crippen MR) is 233 cm³/mol. The number of carboxylic acid groups (broad SMARTS) is 1. The molecule has 0 aliphatic carbocycles. The molecule has 0 bridgehead atoms. The van der Waals surface area contributed by atoms with Crippen molar-refractivity contribution >= 4 is 17.9 Å². The number of likely N-dealkylation sites (N-methyl/N-ethyl adjacent to an activating group) is 1. The van der Waals surface area contributed by atoms with Crippen LogP contribution in [0.15, 0.2) is 24.3 Å². The smallest absolute Gasteiger partial charge is 0.306 e. The highest BCUT2D eigenvalue weighted by molar-refractivity contribution is 5.70. The number of aliphatic carboxylic acids is 1. The van der Waals surface area contributed by atoms with Gasteiger partial charge in [0, 0.05) is 12.8 Å². The van der Waals surface area contributed by atoms with Crippen molar-refractivity contribution < 1.29 is 42.9 Å². The first kappa shape index (κ1) is 54.8. The molecule has 0 saturated carbocycles. The van der Waals surface area contributed by atoms with Crippen molar-refractivity contribution in [3.05, 3.63) is 24.3 Å². The van der Waals surface area contributed by atoms with Crippen molar-refractivity contribution in [2.45, 2.75) is 219 Å². The van der Waals surface area contributed by atoms with E-state index in [4.69, 9.17) is 18.9 Å². The lowest BCUT2D eigenvalue weighted by molar-refractivity contribution is -0.870. The zero-order valence-electron chi connectivity index (χ0n) is 37.7. The van der Waals surface area contributed by atoms with Gasteiger partial charge in [-0.25, -0.2) is 0 Å². The monoisotopic (exact) mass is 808 g/mol. The van der Waals surface area contributed by atoms with E-state index in [0.717, 1.165) is 64.2 Å². The van der Waals surface area contributed by atoms with Gasteiger partial charge in [-0.1, -0.05) is 154 Å². The summed E-state index contributed by atoms with van der Waals surface area (Å²) in [7, 11) is 5.91. The molecule has 0 aromatic heterocycles. The normalized spacial score (nSPS) is 13.1. The molecule has 0 aliphatic rings. The third kappa shape index (κ3) is 41.7. The number of quaternary nitrogens is 1. The highest BCUT2D eigenvalue weighted by Crippen LogP contribution is 2.14. The van der Waals surface area contributed by atoms with Crippen molar-refractivity contribution in [1.82, 2.24) is 0 Å². The number of ether oxygens (including phenoxy) is 4. The molecule has 0 N–H and O–H groups in total. The summed E-state index contributed by atoms with van der Waals surface area (Å²) in [5.41, 5.74) is 0. The van der Waals surface area contributed by atoms with E-state index in [9.17, 15) is 19.5 Å². The summed E-state index contributed by atoms with van der Waals surface area (Å²) in [6, 6.07) is 0. The molecule has 0 aromatic carbocycles. The Kier molecular flexibility index (Phi) is 39.0.